The van der Waals surface area contributed by atoms with Gasteiger partial charge in [-0.3, -0.25) is 4.57 Å². The fourth-order valence-corrected chi connectivity index (χ4v) is 1.68. The molecule has 0 unspecified atom stereocenters. The first kappa shape index (κ1) is 11.7. The highest BCUT2D eigenvalue weighted by Crippen LogP contribution is 2.21. The second-order valence-electron chi connectivity index (χ2n) is 3.31. The first-order valence-corrected chi connectivity index (χ1v) is 5.16. The highest BCUT2D eigenvalue weighted by molar-refractivity contribution is 6.30. The Morgan fingerprint density at radius 2 is 1.89 bits per heavy atom. The summed E-state index contributed by atoms with van der Waals surface area (Å²) in [4.78, 5) is 3.81. The zero-order valence-corrected chi connectivity index (χ0v) is 9.68. The summed E-state index contributed by atoms with van der Waals surface area (Å²) in [6, 6.07) is 10.4. The molecule has 6 heteroatoms. The molecule has 0 bridgehead atoms. The van der Waals surface area contributed by atoms with Gasteiger partial charge in [-0.25, -0.2) is 4.98 Å². The Balaban J connectivity index is 2.75. The summed E-state index contributed by atoms with van der Waals surface area (Å²) < 4.78 is 1.38. The van der Waals surface area contributed by atoms with Crippen LogP contribution >= 0.6 is 11.6 Å². The number of hydrogen-bond donors (Lipinski definition) is 0. The van der Waals surface area contributed by atoms with Gasteiger partial charge in [0, 0.05) is 5.02 Å². The van der Waals surface area contributed by atoms with E-state index < -0.39 is 0 Å². The third-order valence-corrected chi connectivity index (χ3v) is 2.55. The fraction of sp³-hybridized carbons (Fsp3) is 0. The van der Waals surface area contributed by atoms with E-state index in [0.29, 0.717) is 16.3 Å². The predicted octanol–water partition coefficient (Wildman–Crippen LogP) is 2.14. The summed E-state index contributed by atoms with van der Waals surface area (Å²) in [5.41, 5.74) is 0.867. The number of nitriles is 3. The molecule has 0 fully saturated rings. The van der Waals surface area contributed by atoms with E-state index in [-0.39, 0.29) is 11.4 Å². The number of halogens is 1. The third kappa shape index (κ3) is 1.78. The average molecular weight is 254 g/mol. The van der Waals surface area contributed by atoms with Crippen molar-refractivity contribution in [2.75, 3.05) is 0 Å². The van der Waals surface area contributed by atoms with Crippen molar-refractivity contribution in [3.05, 3.63) is 46.5 Å². The van der Waals surface area contributed by atoms with Gasteiger partial charge in [-0.2, -0.15) is 15.8 Å². The molecular weight excluding hydrogens is 250 g/mol. The van der Waals surface area contributed by atoms with Crippen LogP contribution in [0.25, 0.3) is 5.69 Å². The van der Waals surface area contributed by atoms with E-state index in [1.165, 1.54) is 10.9 Å². The Morgan fingerprint density at radius 1 is 1.11 bits per heavy atom. The molecule has 18 heavy (non-hydrogen) atoms. The lowest BCUT2D eigenvalue weighted by atomic mass is 10.2. The molecule has 0 aliphatic heterocycles. The number of nitrogens with zero attached hydrogens (tertiary/aromatic N) is 5. The Kier molecular flexibility index (Phi) is 2.98. The molecule has 1 heterocycles. The normalized spacial score (nSPS) is 9.22. The van der Waals surface area contributed by atoms with Crippen molar-refractivity contribution in [1.29, 1.82) is 15.8 Å². The van der Waals surface area contributed by atoms with E-state index in [1.807, 2.05) is 18.2 Å². The van der Waals surface area contributed by atoms with Crippen LogP contribution in [0.15, 0.2) is 24.5 Å². The first-order valence-electron chi connectivity index (χ1n) is 4.79. The number of hydrogen-bond acceptors (Lipinski definition) is 4. The van der Waals surface area contributed by atoms with Gasteiger partial charge in [0.1, 0.15) is 24.5 Å². The van der Waals surface area contributed by atoms with Gasteiger partial charge < -0.3 is 0 Å². The molecule has 0 saturated heterocycles. The average Bonchev–Trinajstić information content (AvgIpc) is 2.81. The number of aromatic nitrogens is 2. The van der Waals surface area contributed by atoms with Gasteiger partial charge in [0.2, 0.25) is 0 Å². The molecule has 0 atom stereocenters. The molecule has 5 nitrogen and oxygen atoms in total. The Hall–Kier alpha value is -2.81. The van der Waals surface area contributed by atoms with Crippen LogP contribution in [0, 0.1) is 34.0 Å². The number of imidazole rings is 1. The number of rotatable bonds is 1. The third-order valence-electron chi connectivity index (χ3n) is 2.32. The summed E-state index contributed by atoms with van der Waals surface area (Å²) in [5.74, 6) is 0. The summed E-state index contributed by atoms with van der Waals surface area (Å²) in [6.45, 7) is 0. The van der Waals surface area contributed by atoms with E-state index >= 15 is 0 Å². The second-order valence-corrected chi connectivity index (χ2v) is 3.75. The van der Waals surface area contributed by atoms with Gasteiger partial charge in [0.05, 0.1) is 11.3 Å². The lowest BCUT2D eigenvalue weighted by molar-refractivity contribution is 1.03. The highest BCUT2D eigenvalue weighted by atomic mass is 35.5. The summed E-state index contributed by atoms with van der Waals surface area (Å²) in [7, 11) is 0. The summed E-state index contributed by atoms with van der Waals surface area (Å²) in [6.07, 6.45) is 1.32. The van der Waals surface area contributed by atoms with Crippen LogP contribution in [0.1, 0.15) is 17.0 Å². The molecule has 0 aliphatic rings. The summed E-state index contributed by atoms with van der Waals surface area (Å²) >= 11 is 5.87. The van der Waals surface area contributed by atoms with Crippen molar-refractivity contribution >= 4 is 11.6 Å². The highest BCUT2D eigenvalue weighted by Gasteiger charge is 2.14. The van der Waals surface area contributed by atoms with Gasteiger partial charge >= 0.3 is 0 Å². The topological polar surface area (TPSA) is 89.2 Å². The van der Waals surface area contributed by atoms with Crippen LogP contribution in [0.4, 0.5) is 0 Å². The minimum atomic E-state index is 0.0152. The predicted molar refractivity (Wildman–Crippen MR) is 62.7 cm³/mol. The van der Waals surface area contributed by atoms with Gasteiger partial charge in [0.25, 0.3) is 0 Å². The molecule has 2 rings (SSSR count). The van der Waals surface area contributed by atoms with Gasteiger partial charge in [-0.15, -0.1) is 0 Å². The molecule has 1 aromatic heterocycles. The van der Waals surface area contributed by atoms with Crippen molar-refractivity contribution in [2.24, 2.45) is 0 Å². The monoisotopic (exact) mass is 253 g/mol. The smallest absolute Gasteiger partial charge is 0.177 e. The first-order chi connectivity index (χ1) is 8.71. The molecule has 0 spiro atoms. The molecule has 0 saturated carbocycles. The molecule has 2 aromatic rings. The maximum atomic E-state index is 9.04. The zero-order valence-electron chi connectivity index (χ0n) is 8.92. The van der Waals surface area contributed by atoms with E-state index in [9.17, 15) is 0 Å². The SMILES string of the molecule is N#Cc1ccc(Cl)cc1-n1cnc(C#N)c1C#N. The fourth-order valence-electron chi connectivity index (χ4n) is 1.52. The van der Waals surface area contributed by atoms with Crippen LogP contribution in [0.5, 0.6) is 0 Å². The van der Waals surface area contributed by atoms with Crippen molar-refractivity contribution < 1.29 is 0 Å². The molecule has 0 amide bonds. The van der Waals surface area contributed by atoms with E-state index in [2.05, 4.69) is 4.98 Å². The van der Waals surface area contributed by atoms with Gasteiger partial charge in [-0.1, -0.05) is 11.6 Å². The van der Waals surface area contributed by atoms with Crippen LogP contribution in [0.2, 0.25) is 5.02 Å². The largest absolute Gasteiger partial charge is 0.288 e. The van der Waals surface area contributed by atoms with Crippen molar-refractivity contribution in [3.63, 3.8) is 0 Å². The molecular formula is C12H4ClN5. The Morgan fingerprint density at radius 3 is 2.50 bits per heavy atom. The maximum absolute atomic E-state index is 9.04. The quantitative estimate of drug-likeness (QED) is 0.779. The standard InChI is InChI=1S/C12H4ClN5/c13-9-2-1-8(4-14)11(3-9)18-7-17-10(5-15)12(18)6-16/h1-3,7H. The van der Waals surface area contributed by atoms with Gasteiger partial charge in [0.15, 0.2) is 11.4 Å². The lowest BCUT2D eigenvalue weighted by Crippen LogP contribution is -1.99. The maximum Gasteiger partial charge on any atom is 0.177 e. The van der Waals surface area contributed by atoms with Crippen molar-refractivity contribution in [1.82, 2.24) is 9.55 Å². The minimum Gasteiger partial charge on any atom is -0.288 e. The molecule has 0 aliphatic carbocycles. The second kappa shape index (κ2) is 4.59. The molecule has 0 radical (unpaired) electrons. The molecule has 0 N–H and O–H groups in total. The Labute approximate surface area is 108 Å². The van der Waals surface area contributed by atoms with E-state index in [4.69, 9.17) is 27.4 Å². The van der Waals surface area contributed by atoms with Crippen LogP contribution in [-0.4, -0.2) is 9.55 Å². The Bertz CT molecular complexity index is 739. The van der Waals surface area contributed by atoms with E-state index in [1.54, 1.807) is 18.2 Å². The van der Waals surface area contributed by atoms with Crippen molar-refractivity contribution in [2.45, 2.75) is 0 Å². The summed E-state index contributed by atoms with van der Waals surface area (Å²) in [5, 5.41) is 27.3. The molecule has 84 valence electrons. The van der Waals surface area contributed by atoms with Crippen LogP contribution < -0.4 is 0 Å². The zero-order chi connectivity index (χ0) is 13.1. The number of benzene rings is 1. The van der Waals surface area contributed by atoms with E-state index in [0.717, 1.165) is 0 Å². The molecule has 1 aromatic carbocycles. The minimum absolute atomic E-state index is 0.0152. The van der Waals surface area contributed by atoms with Crippen LogP contribution in [-0.2, 0) is 0 Å². The van der Waals surface area contributed by atoms with Crippen LogP contribution in [0.3, 0.4) is 0 Å². The lowest BCUT2D eigenvalue weighted by Gasteiger charge is -2.06. The van der Waals surface area contributed by atoms with Crippen molar-refractivity contribution in [3.8, 4) is 23.9 Å². The van der Waals surface area contributed by atoms with Gasteiger partial charge in [-0.05, 0) is 18.2 Å².